The van der Waals surface area contributed by atoms with E-state index >= 15 is 0 Å². The van der Waals surface area contributed by atoms with Crippen molar-refractivity contribution in [3.05, 3.63) is 47.5 Å². The van der Waals surface area contributed by atoms with Crippen LogP contribution in [0.1, 0.15) is 49.7 Å². The van der Waals surface area contributed by atoms with Crippen LogP contribution in [-0.4, -0.2) is 23.4 Å². The summed E-state index contributed by atoms with van der Waals surface area (Å²) >= 11 is 0. The summed E-state index contributed by atoms with van der Waals surface area (Å²) in [5.41, 5.74) is 3.38. The van der Waals surface area contributed by atoms with E-state index in [9.17, 15) is 10.2 Å². The Morgan fingerprint density at radius 1 is 0.615 bits per heavy atom. The molecule has 4 bridgehead atoms. The van der Waals surface area contributed by atoms with Gasteiger partial charge in [-0.15, -0.1) is 0 Å². The molecule has 0 atom stereocenters. The smallest absolute Gasteiger partial charge is 0.119 e. The van der Waals surface area contributed by atoms with Gasteiger partial charge in [0.25, 0.3) is 0 Å². The Kier molecular flexibility index (Phi) is 6.92. The quantitative estimate of drug-likeness (QED) is 0.835. The number of aliphatic hydroxyl groups is 2. The molecule has 140 valence electrons. The monoisotopic (exact) mass is 356 g/mol. The molecule has 0 radical (unpaired) electrons. The van der Waals surface area contributed by atoms with E-state index in [-0.39, 0.29) is 13.2 Å². The lowest BCUT2D eigenvalue weighted by Gasteiger charge is -2.16. The van der Waals surface area contributed by atoms with Crippen molar-refractivity contribution in [3.63, 3.8) is 0 Å². The van der Waals surface area contributed by atoms with Crippen LogP contribution in [0.2, 0.25) is 0 Å². The highest BCUT2D eigenvalue weighted by molar-refractivity contribution is 5.73. The largest absolute Gasteiger partial charge is 0.494 e. The van der Waals surface area contributed by atoms with E-state index in [4.69, 9.17) is 9.47 Å². The highest BCUT2D eigenvalue weighted by atomic mass is 16.5. The normalized spacial score (nSPS) is 15.8. The maximum Gasteiger partial charge on any atom is 0.119 e. The predicted octanol–water partition coefficient (Wildman–Crippen LogP) is 4.45. The third-order valence-corrected chi connectivity index (χ3v) is 4.87. The highest BCUT2D eigenvalue weighted by Gasteiger charge is 2.13. The van der Waals surface area contributed by atoms with Crippen molar-refractivity contribution in [1.29, 1.82) is 0 Å². The van der Waals surface area contributed by atoms with Crippen LogP contribution in [-0.2, 0) is 13.2 Å². The molecular formula is C22H28O4. The summed E-state index contributed by atoms with van der Waals surface area (Å²) in [6, 6.07) is 11.5. The maximum atomic E-state index is 9.76. The van der Waals surface area contributed by atoms with E-state index in [1.165, 1.54) is 25.7 Å². The zero-order valence-electron chi connectivity index (χ0n) is 15.2. The first kappa shape index (κ1) is 18.7. The lowest BCUT2D eigenvalue weighted by atomic mass is 9.95. The molecule has 1 aliphatic rings. The number of hydrogen-bond acceptors (Lipinski definition) is 4. The van der Waals surface area contributed by atoms with E-state index in [1.54, 1.807) is 0 Å². The van der Waals surface area contributed by atoms with Crippen LogP contribution >= 0.6 is 0 Å². The fourth-order valence-corrected chi connectivity index (χ4v) is 3.36. The minimum absolute atomic E-state index is 0.0639. The Balaban J connectivity index is 1.99. The summed E-state index contributed by atoms with van der Waals surface area (Å²) in [5.74, 6) is 1.58. The average Bonchev–Trinajstić information content (AvgIpc) is 2.68. The van der Waals surface area contributed by atoms with Crippen molar-refractivity contribution in [2.45, 2.75) is 51.7 Å². The van der Waals surface area contributed by atoms with Crippen LogP contribution in [0.4, 0.5) is 0 Å². The van der Waals surface area contributed by atoms with Gasteiger partial charge in [0.2, 0.25) is 0 Å². The topological polar surface area (TPSA) is 58.9 Å². The summed E-state index contributed by atoms with van der Waals surface area (Å²) < 4.78 is 11.8. The van der Waals surface area contributed by atoms with Gasteiger partial charge in [0.05, 0.1) is 26.4 Å². The third-order valence-electron chi connectivity index (χ3n) is 4.87. The molecule has 0 saturated heterocycles. The number of ether oxygens (including phenoxy) is 2. The molecule has 2 aromatic rings. The fraction of sp³-hybridized carbons (Fsp3) is 0.455. The first-order valence-corrected chi connectivity index (χ1v) is 9.55. The van der Waals surface area contributed by atoms with E-state index < -0.39 is 0 Å². The molecular weight excluding hydrogens is 328 g/mol. The minimum Gasteiger partial charge on any atom is -0.494 e. The third kappa shape index (κ3) is 4.77. The molecule has 1 aliphatic heterocycles. The van der Waals surface area contributed by atoms with Crippen LogP contribution in [0.15, 0.2) is 36.4 Å². The summed E-state index contributed by atoms with van der Waals surface area (Å²) in [5, 5.41) is 19.5. The molecule has 0 saturated carbocycles. The van der Waals surface area contributed by atoms with Gasteiger partial charge in [-0.2, -0.15) is 0 Å². The zero-order chi connectivity index (χ0) is 18.2. The van der Waals surface area contributed by atoms with Crippen molar-refractivity contribution in [3.8, 4) is 22.6 Å². The van der Waals surface area contributed by atoms with Crippen molar-refractivity contribution < 1.29 is 19.7 Å². The molecule has 0 aliphatic carbocycles. The average molecular weight is 356 g/mol. The van der Waals surface area contributed by atoms with Gasteiger partial charge < -0.3 is 19.7 Å². The predicted molar refractivity (Wildman–Crippen MR) is 102 cm³/mol. The van der Waals surface area contributed by atoms with Crippen molar-refractivity contribution >= 4 is 0 Å². The van der Waals surface area contributed by atoms with Gasteiger partial charge in [-0.05, 0) is 59.4 Å². The Hall–Kier alpha value is -2.04. The second-order valence-corrected chi connectivity index (χ2v) is 6.77. The Morgan fingerprint density at radius 2 is 1.04 bits per heavy atom. The Morgan fingerprint density at radius 3 is 1.46 bits per heavy atom. The Bertz CT molecular complexity index is 650. The zero-order valence-corrected chi connectivity index (χ0v) is 15.2. The number of fused-ring (bicyclic) bond motifs is 5. The number of hydrogen-bond donors (Lipinski definition) is 2. The molecule has 3 rings (SSSR count). The van der Waals surface area contributed by atoms with Crippen LogP contribution in [0.25, 0.3) is 11.1 Å². The summed E-state index contributed by atoms with van der Waals surface area (Å²) in [7, 11) is 0. The molecule has 1 heterocycles. The molecule has 4 heteroatoms. The molecule has 0 aromatic heterocycles. The van der Waals surface area contributed by atoms with E-state index in [0.717, 1.165) is 46.6 Å². The summed E-state index contributed by atoms with van der Waals surface area (Å²) in [6.45, 7) is 1.28. The number of aliphatic hydroxyl groups excluding tert-OH is 2. The van der Waals surface area contributed by atoms with Crippen LogP contribution in [0, 0.1) is 0 Å². The molecule has 0 spiro atoms. The standard InChI is InChI=1S/C22H28O4/c23-15-17-7-9-19-13-21(17)22-14-20(10-8-18(22)16-24)26-12-6-4-2-1-3-5-11-25-19/h7-10,13-14,23-24H,1-6,11-12,15-16H2. The van der Waals surface area contributed by atoms with Gasteiger partial charge in [0.15, 0.2) is 0 Å². The number of benzene rings is 2. The van der Waals surface area contributed by atoms with Crippen LogP contribution < -0.4 is 9.47 Å². The van der Waals surface area contributed by atoms with Gasteiger partial charge in [-0.25, -0.2) is 0 Å². The lowest BCUT2D eigenvalue weighted by molar-refractivity contribution is 0.278. The van der Waals surface area contributed by atoms with Crippen molar-refractivity contribution in [2.75, 3.05) is 13.2 Å². The SMILES string of the molecule is OCc1ccc2cc1-c1cc(ccc1CO)OCCCCCCCCO2. The van der Waals surface area contributed by atoms with E-state index in [2.05, 4.69) is 0 Å². The Labute approximate surface area is 155 Å². The second-order valence-electron chi connectivity index (χ2n) is 6.77. The first-order chi connectivity index (χ1) is 12.8. The first-order valence-electron chi connectivity index (χ1n) is 9.55. The van der Waals surface area contributed by atoms with E-state index in [0.29, 0.717) is 13.2 Å². The van der Waals surface area contributed by atoms with Gasteiger partial charge >= 0.3 is 0 Å². The molecule has 2 aromatic carbocycles. The van der Waals surface area contributed by atoms with Gasteiger partial charge in [-0.1, -0.05) is 37.8 Å². The van der Waals surface area contributed by atoms with Crippen molar-refractivity contribution in [1.82, 2.24) is 0 Å². The van der Waals surface area contributed by atoms with Crippen LogP contribution in [0.3, 0.4) is 0 Å². The summed E-state index contributed by atoms with van der Waals surface area (Å²) in [4.78, 5) is 0. The second kappa shape index (κ2) is 9.60. The van der Waals surface area contributed by atoms with Gasteiger partial charge in [-0.3, -0.25) is 0 Å². The molecule has 4 nitrogen and oxygen atoms in total. The molecule has 0 fully saturated rings. The minimum atomic E-state index is -0.0639. The molecule has 26 heavy (non-hydrogen) atoms. The lowest BCUT2D eigenvalue weighted by Crippen LogP contribution is -2.02. The molecule has 0 amide bonds. The highest BCUT2D eigenvalue weighted by Crippen LogP contribution is 2.34. The molecule has 2 N–H and O–H groups in total. The van der Waals surface area contributed by atoms with Crippen molar-refractivity contribution in [2.24, 2.45) is 0 Å². The fourth-order valence-electron chi connectivity index (χ4n) is 3.36. The molecule has 0 unspecified atom stereocenters. The maximum absolute atomic E-state index is 9.76. The summed E-state index contributed by atoms with van der Waals surface area (Å²) in [6.07, 6.45) is 6.91. The van der Waals surface area contributed by atoms with Crippen LogP contribution in [0.5, 0.6) is 11.5 Å². The number of rotatable bonds is 2. The van der Waals surface area contributed by atoms with Gasteiger partial charge in [0, 0.05) is 0 Å². The van der Waals surface area contributed by atoms with E-state index in [1.807, 2.05) is 36.4 Å². The van der Waals surface area contributed by atoms with Gasteiger partial charge in [0.1, 0.15) is 11.5 Å².